The van der Waals surface area contributed by atoms with Crippen LogP contribution in [-0.4, -0.2) is 25.7 Å². The molecule has 0 saturated carbocycles. The predicted molar refractivity (Wildman–Crippen MR) is 69.6 cm³/mol. The van der Waals surface area contributed by atoms with Gasteiger partial charge in [-0.2, -0.15) is 0 Å². The number of hydrogen-bond acceptors (Lipinski definition) is 4. The van der Waals surface area contributed by atoms with Crippen LogP contribution in [0, 0.1) is 0 Å². The van der Waals surface area contributed by atoms with Gasteiger partial charge in [0.2, 0.25) is 15.8 Å². The highest BCUT2D eigenvalue weighted by molar-refractivity contribution is 7.92. The summed E-state index contributed by atoms with van der Waals surface area (Å²) >= 11 is 0. The van der Waals surface area contributed by atoms with Crippen LogP contribution in [0.2, 0.25) is 0 Å². The van der Waals surface area contributed by atoms with Gasteiger partial charge >= 0.3 is 5.97 Å². The first-order chi connectivity index (χ1) is 8.85. The molecule has 0 spiro atoms. The molecule has 2 N–H and O–H groups in total. The Labute approximate surface area is 109 Å². The Kier molecular flexibility index (Phi) is 3.30. The third-order valence-electron chi connectivity index (χ3n) is 2.29. The average molecular weight is 281 g/mol. The van der Waals surface area contributed by atoms with Crippen molar-refractivity contribution in [2.45, 2.75) is 0 Å². The molecule has 0 aliphatic rings. The molecule has 19 heavy (non-hydrogen) atoms. The zero-order chi connectivity index (χ0) is 14.0. The third-order valence-corrected chi connectivity index (χ3v) is 2.90. The minimum Gasteiger partial charge on any atom is -0.475 e. The number of benzene rings is 1. The zero-order valence-corrected chi connectivity index (χ0v) is 10.8. The number of aromatic carboxylic acids is 1. The number of sulfonamides is 1. The molecule has 1 aromatic heterocycles. The van der Waals surface area contributed by atoms with Crippen molar-refractivity contribution in [3.63, 3.8) is 0 Å². The largest absolute Gasteiger partial charge is 0.475 e. The third kappa shape index (κ3) is 3.35. The molecule has 100 valence electrons. The molecule has 0 amide bonds. The second-order valence-corrected chi connectivity index (χ2v) is 5.67. The molecule has 2 rings (SSSR count). The van der Waals surface area contributed by atoms with Gasteiger partial charge in [0.15, 0.2) is 0 Å². The molecule has 0 aliphatic heterocycles. The van der Waals surface area contributed by atoms with Crippen molar-refractivity contribution in [1.82, 2.24) is 0 Å². The van der Waals surface area contributed by atoms with Crippen LogP contribution in [-0.2, 0) is 10.0 Å². The minimum atomic E-state index is -3.31. The highest BCUT2D eigenvalue weighted by Crippen LogP contribution is 2.24. The number of nitrogens with one attached hydrogen (secondary N) is 1. The maximum absolute atomic E-state index is 11.0. The number of rotatable bonds is 4. The van der Waals surface area contributed by atoms with Gasteiger partial charge in [-0.25, -0.2) is 13.2 Å². The van der Waals surface area contributed by atoms with E-state index in [1.807, 2.05) is 0 Å². The lowest BCUT2D eigenvalue weighted by Crippen LogP contribution is -2.09. The van der Waals surface area contributed by atoms with Gasteiger partial charge in [-0.05, 0) is 36.4 Å². The molecule has 7 heteroatoms. The van der Waals surface area contributed by atoms with Crippen LogP contribution in [0.15, 0.2) is 40.8 Å². The van der Waals surface area contributed by atoms with Crippen molar-refractivity contribution in [2.24, 2.45) is 0 Å². The van der Waals surface area contributed by atoms with Crippen LogP contribution in [0.4, 0.5) is 5.69 Å². The van der Waals surface area contributed by atoms with E-state index in [1.165, 1.54) is 6.07 Å². The van der Waals surface area contributed by atoms with Crippen molar-refractivity contribution in [2.75, 3.05) is 11.0 Å². The first-order valence-electron chi connectivity index (χ1n) is 5.26. The lowest BCUT2D eigenvalue weighted by molar-refractivity contribution is 0.0663. The van der Waals surface area contributed by atoms with Gasteiger partial charge in [-0.3, -0.25) is 4.72 Å². The molecule has 0 atom stereocenters. The average Bonchev–Trinajstić information content (AvgIpc) is 2.77. The summed E-state index contributed by atoms with van der Waals surface area (Å²) in [6.07, 6.45) is 1.06. The van der Waals surface area contributed by atoms with Crippen LogP contribution in [0.5, 0.6) is 0 Å². The Bertz CT molecular complexity index is 700. The van der Waals surface area contributed by atoms with E-state index in [9.17, 15) is 13.2 Å². The van der Waals surface area contributed by atoms with E-state index in [0.717, 1.165) is 6.26 Å². The van der Waals surface area contributed by atoms with Gasteiger partial charge in [0.1, 0.15) is 5.76 Å². The van der Waals surface area contributed by atoms with Gasteiger partial charge in [-0.15, -0.1) is 0 Å². The summed E-state index contributed by atoms with van der Waals surface area (Å²) in [5.41, 5.74) is 1.09. The molecule has 1 heterocycles. The highest BCUT2D eigenvalue weighted by atomic mass is 32.2. The summed E-state index contributed by atoms with van der Waals surface area (Å²) in [6, 6.07) is 9.32. The van der Waals surface area contributed by atoms with E-state index in [0.29, 0.717) is 17.0 Å². The molecule has 2 aromatic rings. The fourth-order valence-corrected chi connectivity index (χ4v) is 2.09. The van der Waals surface area contributed by atoms with Gasteiger partial charge in [0.25, 0.3) is 0 Å². The molecule has 0 saturated heterocycles. The van der Waals surface area contributed by atoms with E-state index in [1.54, 1.807) is 30.3 Å². The molecule has 0 radical (unpaired) electrons. The molecule has 0 aliphatic carbocycles. The zero-order valence-electron chi connectivity index (χ0n) is 9.95. The van der Waals surface area contributed by atoms with Crippen molar-refractivity contribution in [3.05, 3.63) is 42.2 Å². The summed E-state index contributed by atoms with van der Waals surface area (Å²) in [5.74, 6) is -0.877. The topological polar surface area (TPSA) is 96.6 Å². The second-order valence-electron chi connectivity index (χ2n) is 3.92. The summed E-state index contributed by atoms with van der Waals surface area (Å²) in [6.45, 7) is 0. The lowest BCUT2D eigenvalue weighted by Gasteiger charge is -2.04. The number of carboxylic acids is 1. The van der Waals surface area contributed by atoms with Gasteiger partial charge in [0, 0.05) is 11.3 Å². The molecule has 1 aromatic carbocycles. The Hall–Kier alpha value is -2.28. The number of carboxylic acid groups (broad SMARTS) is 1. The summed E-state index contributed by atoms with van der Waals surface area (Å²) in [4.78, 5) is 10.7. The van der Waals surface area contributed by atoms with Crippen LogP contribution < -0.4 is 4.72 Å². The van der Waals surface area contributed by atoms with E-state index in [4.69, 9.17) is 9.52 Å². The summed E-state index contributed by atoms with van der Waals surface area (Å²) in [5, 5.41) is 8.75. The Morgan fingerprint density at radius 3 is 2.26 bits per heavy atom. The van der Waals surface area contributed by atoms with E-state index < -0.39 is 16.0 Å². The maximum atomic E-state index is 11.0. The quantitative estimate of drug-likeness (QED) is 0.893. The van der Waals surface area contributed by atoms with Crippen LogP contribution in [0.25, 0.3) is 11.3 Å². The number of anilines is 1. The van der Waals surface area contributed by atoms with Crippen molar-refractivity contribution in [1.29, 1.82) is 0 Å². The Balaban J connectivity index is 2.24. The van der Waals surface area contributed by atoms with Crippen LogP contribution >= 0.6 is 0 Å². The fraction of sp³-hybridized carbons (Fsp3) is 0.0833. The number of hydrogen-bond donors (Lipinski definition) is 2. The van der Waals surface area contributed by atoms with Crippen molar-refractivity contribution in [3.8, 4) is 11.3 Å². The van der Waals surface area contributed by atoms with E-state index >= 15 is 0 Å². The molecular weight excluding hydrogens is 270 g/mol. The summed E-state index contributed by atoms with van der Waals surface area (Å²) < 4.78 is 29.5. The maximum Gasteiger partial charge on any atom is 0.371 e. The van der Waals surface area contributed by atoms with Crippen LogP contribution in [0.3, 0.4) is 0 Å². The smallest absolute Gasteiger partial charge is 0.371 e. The molecule has 0 unspecified atom stereocenters. The number of furan rings is 1. The van der Waals surface area contributed by atoms with Crippen molar-refractivity contribution < 1.29 is 22.7 Å². The van der Waals surface area contributed by atoms with E-state index in [2.05, 4.69) is 4.72 Å². The summed E-state index contributed by atoms with van der Waals surface area (Å²) in [7, 11) is -3.31. The Morgan fingerprint density at radius 2 is 1.79 bits per heavy atom. The molecule has 0 fully saturated rings. The molecular formula is C12H11NO5S. The van der Waals surface area contributed by atoms with Crippen molar-refractivity contribution >= 4 is 21.7 Å². The van der Waals surface area contributed by atoms with E-state index in [-0.39, 0.29) is 5.76 Å². The first kappa shape index (κ1) is 13.2. The van der Waals surface area contributed by atoms with Gasteiger partial charge < -0.3 is 9.52 Å². The molecule has 6 nitrogen and oxygen atoms in total. The monoisotopic (exact) mass is 281 g/mol. The van der Waals surface area contributed by atoms with Gasteiger partial charge in [0.05, 0.1) is 6.26 Å². The first-order valence-corrected chi connectivity index (χ1v) is 7.16. The lowest BCUT2D eigenvalue weighted by atomic mass is 10.1. The standard InChI is InChI=1S/C12H11NO5S/c1-19(16,17)13-9-4-2-8(3-5-9)10-6-7-11(18-10)12(14)15/h2-7,13H,1H3,(H,14,15). The van der Waals surface area contributed by atoms with Crippen LogP contribution in [0.1, 0.15) is 10.6 Å². The Morgan fingerprint density at radius 1 is 1.16 bits per heavy atom. The minimum absolute atomic E-state index is 0.145. The molecule has 0 bridgehead atoms. The second kappa shape index (κ2) is 4.77. The predicted octanol–water partition coefficient (Wildman–Crippen LogP) is 2.02. The SMILES string of the molecule is CS(=O)(=O)Nc1ccc(-c2ccc(C(=O)O)o2)cc1. The number of carbonyl (C=O) groups is 1. The highest BCUT2D eigenvalue weighted by Gasteiger charge is 2.10. The fourth-order valence-electron chi connectivity index (χ4n) is 1.52. The normalized spacial score (nSPS) is 11.2. The van der Waals surface area contributed by atoms with Gasteiger partial charge in [-0.1, -0.05) is 0 Å².